The van der Waals surface area contributed by atoms with Crippen LogP contribution in [0.3, 0.4) is 0 Å². The number of hydrogen-bond acceptors (Lipinski definition) is 3. The molecule has 0 fully saturated rings. The van der Waals surface area contributed by atoms with Crippen LogP contribution in [-0.2, 0) is 10.5 Å². The molecule has 0 saturated heterocycles. The van der Waals surface area contributed by atoms with E-state index in [1.165, 1.54) is 0 Å². The van der Waals surface area contributed by atoms with Crippen molar-refractivity contribution in [3.63, 3.8) is 0 Å². The molecule has 5 heteroatoms. The predicted molar refractivity (Wildman–Crippen MR) is 79.2 cm³/mol. The standard InChI is InChI=1S/C13H19ClN2OS/c1-16(2)7-6-15-13(17)10-18-9-11-4-3-5-12(14)8-11/h3-5,8H,6-7,9-10H2,1-2H3,(H,15,17). The minimum atomic E-state index is 0.0869. The first-order valence-electron chi connectivity index (χ1n) is 5.81. The summed E-state index contributed by atoms with van der Waals surface area (Å²) in [5.41, 5.74) is 1.15. The number of rotatable bonds is 7. The van der Waals surface area contributed by atoms with Gasteiger partial charge >= 0.3 is 0 Å². The van der Waals surface area contributed by atoms with E-state index < -0.39 is 0 Å². The van der Waals surface area contributed by atoms with Gasteiger partial charge in [0.1, 0.15) is 0 Å². The number of halogens is 1. The van der Waals surface area contributed by atoms with Crippen LogP contribution in [0.5, 0.6) is 0 Å². The van der Waals surface area contributed by atoms with Crippen molar-refractivity contribution in [2.24, 2.45) is 0 Å². The molecule has 1 aromatic carbocycles. The number of hydrogen-bond donors (Lipinski definition) is 1. The Labute approximate surface area is 118 Å². The molecule has 0 spiro atoms. The normalized spacial score (nSPS) is 10.7. The van der Waals surface area contributed by atoms with Crippen molar-refractivity contribution in [1.29, 1.82) is 0 Å². The summed E-state index contributed by atoms with van der Waals surface area (Å²) in [6.45, 7) is 1.56. The maximum absolute atomic E-state index is 11.5. The Morgan fingerprint density at radius 2 is 2.22 bits per heavy atom. The zero-order valence-corrected chi connectivity index (χ0v) is 12.4. The van der Waals surface area contributed by atoms with Gasteiger partial charge in [-0.05, 0) is 31.8 Å². The maximum Gasteiger partial charge on any atom is 0.230 e. The van der Waals surface area contributed by atoms with Crippen molar-refractivity contribution in [2.75, 3.05) is 32.9 Å². The zero-order valence-electron chi connectivity index (χ0n) is 10.8. The van der Waals surface area contributed by atoms with Crippen LogP contribution in [-0.4, -0.2) is 43.7 Å². The van der Waals surface area contributed by atoms with Crippen molar-refractivity contribution >= 4 is 29.3 Å². The molecule has 0 aliphatic heterocycles. The molecular formula is C13H19ClN2OS. The van der Waals surface area contributed by atoms with E-state index in [0.717, 1.165) is 22.9 Å². The number of amides is 1. The third kappa shape index (κ3) is 6.89. The molecule has 0 unspecified atom stereocenters. The van der Waals surface area contributed by atoms with E-state index in [2.05, 4.69) is 5.32 Å². The second-order valence-corrected chi connectivity index (χ2v) is 5.70. The highest BCUT2D eigenvalue weighted by Gasteiger charge is 2.02. The summed E-state index contributed by atoms with van der Waals surface area (Å²) in [4.78, 5) is 13.5. The summed E-state index contributed by atoms with van der Waals surface area (Å²) in [5.74, 6) is 1.38. The van der Waals surface area contributed by atoms with E-state index in [1.807, 2.05) is 43.3 Å². The van der Waals surface area contributed by atoms with Crippen LogP contribution in [0.2, 0.25) is 5.02 Å². The molecule has 0 saturated carbocycles. The van der Waals surface area contributed by atoms with E-state index >= 15 is 0 Å². The van der Waals surface area contributed by atoms with Gasteiger partial charge < -0.3 is 10.2 Å². The number of carbonyl (C=O) groups excluding carboxylic acids is 1. The van der Waals surface area contributed by atoms with Gasteiger partial charge in [-0.2, -0.15) is 0 Å². The fourth-order valence-electron chi connectivity index (χ4n) is 1.36. The van der Waals surface area contributed by atoms with Gasteiger partial charge in [0, 0.05) is 23.9 Å². The van der Waals surface area contributed by atoms with Gasteiger partial charge in [0.2, 0.25) is 5.91 Å². The van der Waals surface area contributed by atoms with Gasteiger partial charge in [0.15, 0.2) is 0 Å². The Morgan fingerprint density at radius 3 is 2.89 bits per heavy atom. The molecule has 1 rings (SSSR count). The Kier molecular flexibility index (Phi) is 7.16. The van der Waals surface area contributed by atoms with Crippen molar-refractivity contribution in [3.05, 3.63) is 34.9 Å². The SMILES string of the molecule is CN(C)CCNC(=O)CSCc1cccc(Cl)c1. The van der Waals surface area contributed by atoms with E-state index in [0.29, 0.717) is 12.3 Å². The van der Waals surface area contributed by atoms with Crippen LogP contribution in [0.4, 0.5) is 0 Å². The van der Waals surface area contributed by atoms with Crippen LogP contribution < -0.4 is 5.32 Å². The lowest BCUT2D eigenvalue weighted by molar-refractivity contribution is -0.118. The molecule has 1 aromatic rings. The molecule has 18 heavy (non-hydrogen) atoms. The summed E-state index contributed by atoms with van der Waals surface area (Å²) in [7, 11) is 3.97. The first-order valence-corrected chi connectivity index (χ1v) is 7.35. The average molecular weight is 287 g/mol. The van der Waals surface area contributed by atoms with Gasteiger partial charge in [-0.1, -0.05) is 23.7 Å². The summed E-state index contributed by atoms with van der Waals surface area (Å²) >= 11 is 7.49. The lowest BCUT2D eigenvalue weighted by atomic mass is 10.2. The monoisotopic (exact) mass is 286 g/mol. The first-order chi connectivity index (χ1) is 8.58. The average Bonchev–Trinajstić information content (AvgIpc) is 2.28. The second-order valence-electron chi connectivity index (χ2n) is 4.28. The third-order valence-corrected chi connectivity index (χ3v) is 3.51. The Balaban J connectivity index is 2.15. The smallest absolute Gasteiger partial charge is 0.230 e. The number of benzene rings is 1. The Hall–Kier alpha value is -0.710. The molecule has 0 aromatic heterocycles. The topological polar surface area (TPSA) is 32.3 Å². The maximum atomic E-state index is 11.5. The molecule has 0 bridgehead atoms. The van der Waals surface area contributed by atoms with Gasteiger partial charge in [0.25, 0.3) is 0 Å². The summed E-state index contributed by atoms with van der Waals surface area (Å²) in [5, 5.41) is 3.62. The molecule has 1 N–H and O–H groups in total. The van der Waals surface area contributed by atoms with Crippen LogP contribution in [0.15, 0.2) is 24.3 Å². The molecule has 100 valence electrons. The van der Waals surface area contributed by atoms with Gasteiger partial charge in [-0.15, -0.1) is 11.8 Å². The van der Waals surface area contributed by atoms with Crippen LogP contribution >= 0.6 is 23.4 Å². The minimum Gasteiger partial charge on any atom is -0.354 e. The van der Waals surface area contributed by atoms with Crippen molar-refractivity contribution in [2.45, 2.75) is 5.75 Å². The molecule has 0 aliphatic rings. The van der Waals surface area contributed by atoms with Crippen LogP contribution in [0.1, 0.15) is 5.56 Å². The highest BCUT2D eigenvalue weighted by atomic mass is 35.5. The quantitative estimate of drug-likeness (QED) is 0.834. The molecule has 0 aliphatic carbocycles. The number of carbonyl (C=O) groups is 1. The first kappa shape index (κ1) is 15.3. The summed E-state index contributed by atoms with van der Waals surface area (Å²) < 4.78 is 0. The van der Waals surface area contributed by atoms with E-state index in [9.17, 15) is 4.79 Å². The molecule has 0 heterocycles. The number of nitrogens with one attached hydrogen (secondary N) is 1. The van der Waals surface area contributed by atoms with Crippen LogP contribution in [0.25, 0.3) is 0 Å². The fourth-order valence-corrected chi connectivity index (χ4v) is 2.38. The number of thioether (sulfide) groups is 1. The molecule has 0 atom stereocenters. The Bertz CT molecular complexity index is 385. The van der Waals surface area contributed by atoms with Crippen LogP contribution in [0, 0.1) is 0 Å². The van der Waals surface area contributed by atoms with Crippen molar-refractivity contribution in [1.82, 2.24) is 10.2 Å². The largest absolute Gasteiger partial charge is 0.354 e. The van der Waals surface area contributed by atoms with Crippen molar-refractivity contribution < 1.29 is 4.79 Å². The number of likely N-dealkylation sites (N-methyl/N-ethyl adjacent to an activating group) is 1. The summed E-state index contributed by atoms with van der Waals surface area (Å²) in [6.07, 6.45) is 0. The van der Waals surface area contributed by atoms with E-state index in [4.69, 9.17) is 11.6 Å². The fraction of sp³-hybridized carbons (Fsp3) is 0.462. The predicted octanol–water partition coefficient (Wildman–Crippen LogP) is 2.25. The minimum absolute atomic E-state index is 0.0869. The summed E-state index contributed by atoms with van der Waals surface area (Å²) in [6, 6.07) is 7.72. The molecular weight excluding hydrogens is 268 g/mol. The van der Waals surface area contributed by atoms with Gasteiger partial charge in [-0.25, -0.2) is 0 Å². The highest BCUT2D eigenvalue weighted by Crippen LogP contribution is 2.16. The third-order valence-electron chi connectivity index (χ3n) is 2.27. The molecule has 1 amide bonds. The van der Waals surface area contributed by atoms with Crippen molar-refractivity contribution in [3.8, 4) is 0 Å². The lowest BCUT2D eigenvalue weighted by Crippen LogP contribution is -2.32. The Morgan fingerprint density at radius 1 is 1.44 bits per heavy atom. The molecule has 0 radical (unpaired) electrons. The molecule has 3 nitrogen and oxygen atoms in total. The van der Waals surface area contributed by atoms with E-state index in [1.54, 1.807) is 11.8 Å². The number of nitrogens with zero attached hydrogens (tertiary/aromatic N) is 1. The zero-order chi connectivity index (χ0) is 13.4. The second kappa shape index (κ2) is 8.40. The lowest BCUT2D eigenvalue weighted by Gasteiger charge is -2.10. The van der Waals surface area contributed by atoms with E-state index in [-0.39, 0.29) is 5.91 Å². The van der Waals surface area contributed by atoms with Gasteiger partial charge in [0.05, 0.1) is 5.75 Å². The van der Waals surface area contributed by atoms with Gasteiger partial charge in [-0.3, -0.25) is 4.79 Å². The highest BCUT2D eigenvalue weighted by molar-refractivity contribution is 7.99.